The summed E-state index contributed by atoms with van der Waals surface area (Å²) in [6, 6.07) is 9.57. The quantitative estimate of drug-likeness (QED) is 0.822. The summed E-state index contributed by atoms with van der Waals surface area (Å²) < 4.78 is 5.12. The molecule has 0 aliphatic heterocycles. The third-order valence-electron chi connectivity index (χ3n) is 2.85. The van der Waals surface area contributed by atoms with Crippen LogP contribution in [0.3, 0.4) is 0 Å². The van der Waals surface area contributed by atoms with Crippen LogP contribution < -0.4 is 11.1 Å². The molecule has 0 unspecified atom stereocenters. The topological polar surface area (TPSA) is 64.3 Å². The molecule has 94 valence electrons. The van der Waals surface area contributed by atoms with Gasteiger partial charge in [0.2, 0.25) is 0 Å². The Bertz CT molecular complexity index is 348. The number of ether oxygens (including phenoxy) is 1. The summed E-state index contributed by atoms with van der Waals surface area (Å²) in [6.07, 6.45) is 0.341. The molecule has 4 heteroatoms. The second kappa shape index (κ2) is 6.25. The van der Waals surface area contributed by atoms with Crippen LogP contribution in [0.5, 0.6) is 0 Å². The highest BCUT2D eigenvalue weighted by molar-refractivity contribution is 5.68. The Kier molecular flexibility index (Phi) is 4.97. The highest BCUT2D eigenvalue weighted by Gasteiger charge is 2.22. The van der Waals surface area contributed by atoms with E-state index in [1.54, 1.807) is 0 Å². The molecule has 17 heavy (non-hydrogen) atoms. The van der Waals surface area contributed by atoms with Crippen LogP contribution in [0.2, 0.25) is 0 Å². The fourth-order valence-corrected chi connectivity index (χ4v) is 1.29. The summed E-state index contributed by atoms with van der Waals surface area (Å²) in [7, 11) is 0. The molecular weight excluding hydrogens is 216 g/mol. The van der Waals surface area contributed by atoms with Gasteiger partial charge >= 0.3 is 6.09 Å². The summed E-state index contributed by atoms with van der Waals surface area (Å²) in [5, 5.41) is 2.78. The maximum atomic E-state index is 11.6. The van der Waals surface area contributed by atoms with Gasteiger partial charge in [0.15, 0.2) is 0 Å². The number of alkyl carbamates (subject to hydrolysis) is 1. The van der Waals surface area contributed by atoms with E-state index in [2.05, 4.69) is 5.32 Å². The minimum Gasteiger partial charge on any atom is -0.445 e. The molecule has 0 aliphatic rings. The highest BCUT2D eigenvalue weighted by Crippen LogP contribution is 2.07. The lowest BCUT2D eigenvalue weighted by molar-refractivity contribution is 0.128. The number of rotatable bonds is 5. The number of hydrogen-bond donors (Lipinski definition) is 2. The number of nitrogens with one attached hydrogen (secondary N) is 1. The van der Waals surface area contributed by atoms with Crippen LogP contribution >= 0.6 is 0 Å². The maximum Gasteiger partial charge on any atom is 0.407 e. The largest absolute Gasteiger partial charge is 0.445 e. The average Bonchev–Trinajstić information content (AvgIpc) is 2.37. The fraction of sp³-hybridized carbons (Fsp3) is 0.462. The zero-order chi connectivity index (χ0) is 12.7. The van der Waals surface area contributed by atoms with Gasteiger partial charge in [-0.05, 0) is 18.9 Å². The zero-order valence-electron chi connectivity index (χ0n) is 10.4. The van der Waals surface area contributed by atoms with Gasteiger partial charge in [-0.25, -0.2) is 4.79 Å². The van der Waals surface area contributed by atoms with Gasteiger partial charge < -0.3 is 15.8 Å². The Balaban J connectivity index is 2.40. The molecule has 0 saturated heterocycles. The van der Waals surface area contributed by atoms with Crippen molar-refractivity contribution < 1.29 is 9.53 Å². The predicted octanol–water partition coefficient (Wildman–Crippen LogP) is 2.04. The molecule has 0 bridgehead atoms. The Labute approximate surface area is 102 Å². The molecule has 4 nitrogen and oxygen atoms in total. The van der Waals surface area contributed by atoms with Crippen LogP contribution in [-0.4, -0.2) is 18.2 Å². The molecule has 0 aliphatic carbocycles. The second-order valence-electron chi connectivity index (χ2n) is 4.31. The summed E-state index contributed by atoms with van der Waals surface area (Å²) in [5.41, 5.74) is 6.17. The van der Waals surface area contributed by atoms with Gasteiger partial charge in [-0.1, -0.05) is 37.3 Å². The van der Waals surface area contributed by atoms with E-state index in [1.165, 1.54) is 0 Å². The number of hydrogen-bond acceptors (Lipinski definition) is 3. The van der Waals surface area contributed by atoms with Crippen molar-refractivity contribution in [3.63, 3.8) is 0 Å². The van der Waals surface area contributed by atoms with Crippen LogP contribution in [0, 0.1) is 0 Å². The summed E-state index contributed by atoms with van der Waals surface area (Å²) in [4.78, 5) is 11.6. The van der Waals surface area contributed by atoms with E-state index in [-0.39, 0.29) is 6.61 Å². The molecule has 1 amide bonds. The minimum absolute atomic E-state index is 0.275. The molecule has 0 fully saturated rings. The number of carbonyl (C=O) groups excluding carboxylic acids is 1. The minimum atomic E-state index is -0.427. The lowest BCUT2D eigenvalue weighted by Gasteiger charge is -2.27. The van der Waals surface area contributed by atoms with Crippen LogP contribution in [0.25, 0.3) is 0 Å². The van der Waals surface area contributed by atoms with Gasteiger partial charge in [-0.3, -0.25) is 0 Å². The molecule has 1 aromatic carbocycles. The SMILES string of the molecule is CC[C@@](C)(CN)NC(=O)OCc1ccccc1. The Hall–Kier alpha value is -1.55. The first kappa shape index (κ1) is 13.5. The molecular formula is C13H20N2O2. The van der Waals surface area contributed by atoms with Crippen molar-refractivity contribution in [1.29, 1.82) is 0 Å². The van der Waals surface area contributed by atoms with E-state index in [4.69, 9.17) is 10.5 Å². The van der Waals surface area contributed by atoms with Crippen molar-refractivity contribution in [2.24, 2.45) is 5.73 Å². The zero-order valence-corrected chi connectivity index (χ0v) is 10.4. The first-order valence-corrected chi connectivity index (χ1v) is 5.78. The standard InChI is InChI=1S/C13H20N2O2/c1-3-13(2,10-14)15-12(16)17-9-11-7-5-4-6-8-11/h4-8H,3,9-10,14H2,1-2H3,(H,15,16)/t13-/m0/s1. The van der Waals surface area contributed by atoms with E-state index < -0.39 is 11.6 Å². The van der Waals surface area contributed by atoms with Crippen molar-refractivity contribution in [1.82, 2.24) is 5.32 Å². The van der Waals surface area contributed by atoms with Crippen LogP contribution in [0.4, 0.5) is 4.79 Å². The lowest BCUT2D eigenvalue weighted by Crippen LogP contribution is -2.51. The van der Waals surface area contributed by atoms with E-state index in [0.717, 1.165) is 12.0 Å². The number of amides is 1. The molecule has 3 N–H and O–H groups in total. The molecule has 0 saturated carbocycles. The molecule has 0 spiro atoms. The van der Waals surface area contributed by atoms with Crippen molar-refractivity contribution in [2.75, 3.05) is 6.54 Å². The van der Waals surface area contributed by atoms with E-state index in [1.807, 2.05) is 44.2 Å². The normalized spacial score (nSPS) is 13.8. The lowest BCUT2D eigenvalue weighted by atomic mass is 10.00. The molecule has 0 radical (unpaired) electrons. The Morgan fingerprint density at radius 2 is 2.06 bits per heavy atom. The van der Waals surface area contributed by atoms with E-state index >= 15 is 0 Å². The number of carbonyl (C=O) groups is 1. The van der Waals surface area contributed by atoms with Gasteiger partial charge in [0.05, 0.1) is 5.54 Å². The molecule has 1 atom stereocenters. The molecule has 0 aromatic heterocycles. The summed E-state index contributed by atoms with van der Waals surface area (Å²) in [6.45, 7) is 4.54. The first-order chi connectivity index (χ1) is 8.09. The smallest absolute Gasteiger partial charge is 0.407 e. The van der Waals surface area contributed by atoms with Gasteiger partial charge in [-0.2, -0.15) is 0 Å². The van der Waals surface area contributed by atoms with Crippen molar-refractivity contribution >= 4 is 6.09 Å². The maximum absolute atomic E-state index is 11.6. The van der Waals surface area contributed by atoms with Gasteiger partial charge in [0.25, 0.3) is 0 Å². The van der Waals surface area contributed by atoms with Crippen LogP contribution in [0.1, 0.15) is 25.8 Å². The van der Waals surface area contributed by atoms with Gasteiger partial charge in [-0.15, -0.1) is 0 Å². The van der Waals surface area contributed by atoms with Gasteiger partial charge in [0, 0.05) is 6.54 Å². The summed E-state index contributed by atoms with van der Waals surface area (Å²) >= 11 is 0. The van der Waals surface area contributed by atoms with Crippen LogP contribution in [-0.2, 0) is 11.3 Å². The van der Waals surface area contributed by atoms with Crippen molar-refractivity contribution in [3.8, 4) is 0 Å². The third kappa shape index (κ3) is 4.44. The fourth-order valence-electron chi connectivity index (χ4n) is 1.29. The third-order valence-corrected chi connectivity index (χ3v) is 2.85. The van der Waals surface area contributed by atoms with Crippen LogP contribution in [0.15, 0.2) is 30.3 Å². The average molecular weight is 236 g/mol. The van der Waals surface area contributed by atoms with Crippen molar-refractivity contribution in [2.45, 2.75) is 32.4 Å². The molecule has 1 aromatic rings. The number of benzene rings is 1. The Morgan fingerprint density at radius 1 is 1.41 bits per heavy atom. The molecule has 1 rings (SSSR count). The predicted molar refractivity (Wildman–Crippen MR) is 67.5 cm³/mol. The number of nitrogens with two attached hydrogens (primary N) is 1. The Morgan fingerprint density at radius 3 is 2.59 bits per heavy atom. The second-order valence-corrected chi connectivity index (χ2v) is 4.31. The summed E-state index contributed by atoms with van der Waals surface area (Å²) in [5.74, 6) is 0. The van der Waals surface area contributed by atoms with E-state index in [0.29, 0.717) is 6.54 Å². The van der Waals surface area contributed by atoms with Crippen molar-refractivity contribution in [3.05, 3.63) is 35.9 Å². The highest BCUT2D eigenvalue weighted by atomic mass is 16.5. The monoisotopic (exact) mass is 236 g/mol. The molecule has 0 heterocycles. The van der Waals surface area contributed by atoms with Gasteiger partial charge in [0.1, 0.15) is 6.61 Å². The van der Waals surface area contributed by atoms with E-state index in [9.17, 15) is 4.79 Å². The first-order valence-electron chi connectivity index (χ1n) is 5.78.